The van der Waals surface area contributed by atoms with Gasteiger partial charge in [0, 0.05) is 11.6 Å². The number of rotatable bonds is 3. The smallest absolute Gasteiger partial charge is 0.416 e. The normalized spacial score (nSPS) is 14.6. The summed E-state index contributed by atoms with van der Waals surface area (Å²) in [6.07, 6.45) is -2.96. The maximum absolute atomic E-state index is 14.2. The van der Waals surface area contributed by atoms with Crippen LogP contribution in [0, 0.1) is 11.7 Å². The van der Waals surface area contributed by atoms with Gasteiger partial charge < -0.3 is 4.74 Å². The van der Waals surface area contributed by atoms with Crippen molar-refractivity contribution in [2.45, 2.75) is 19.0 Å². The maximum atomic E-state index is 14.2. The molecule has 1 aliphatic rings. The van der Waals surface area contributed by atoms with Gasteiger partial charge >= 0.3 is 12.1 Å². The summed E-state index contributed by atoms with van der Waals surface area (Å²) in [6, 6.07) is 8.11. The van der Waals surface area contributed by atoms with E-state index >= 15 is 0 Å². The van der Waals surface area contributed by atoms with Gasteiger partial charge in [-0.1, -0.05) is 12.1 Å². The minimum atomic E-state index is -4.49. The number of esters is 1. The van der Waals surface area contributed by atoms with Gasteiger partial charge in [-0.3, -0.25) is 4.79 Å². The number of halogens is 4. The summed E-state index contributed by atoms with van der Waals surface area (Å²) in [5.74, 6) is -1.22. The van der Waals surface area contributed by atoms with Crippen LogP contribution in [-0.4, -0.2) is 5.97 Å². The predicted octanol–water partition coefficient (Wildman–Crippen LogP) is 4.83. The molecule has 1 fully saturated rings. The summed E-state index contributed by atoms with van der Waals surface area (Å²) in [7, 11) is 0. The number of alkyl halides is 3. The summed E-state index contributed by atoms with van der Waals surface area (Å²) in [5.41, 5.74) is -0.724. The quantitative estimate of drug-likeness (QED) is 0.459. The summed E-state index contributed by atoms with van der Waals surface area (Å²) in [5, 5.41) is 0. The number of carbonyl (C=O) groups excluding carboxylic acids is 1. The van der Waals surface area contributed by atoms with Crippen molar-refractivity contribution < 1.29 is 27.1 Å². The fourth-order valence-corrected chi connectivity index (χ4v) is 2.18. The van der Waals surface area contributed by atoms with Crippen LogP contribution >= 0.6 is 0 Å². The highest BCUT2D eigenvalue weighted by molar-refractivity contribution is 5.77. The fourth-order valence-electron chi connectivity index (χ4n) is 2.18. The second-order valence-electron chi connectivity index (χ2n) is 5.42. The van der Waals surface area contributed by atoms with E-state index in [1.54, 1.807) is 0 Å². The lowest BCUT2D eigenvalue weighted by molar-refractivity contribution is -0.137. The highest BCUT2D eigenvalue weighted by atomic mass is 19.4. The van der Waals surface area contributed by atoms with E-state index < -0.39 is 23.5 Å². The Hall–Kier alpha value is -2.37. The monoisotopic (exact) mass is 324 g/mol. The zero-order valence-electron chi connectivity index (χ0n) is 11.9. The van der Waals surface area contributed by atoms with Gasteiger partial charge in [0.05, 0.1) is 11.5 Å². The highest BCUT2D eigenvalue weighted by Gasteiger charge is 2.32. The van der Waals surface area contributed by atoms with E-state index in [2.05, 4.69) is 0 Å². The van der Waals surface area contributed by atoms with Crippen molar-refractivity contribution in [1.29, 1.82) is 0 Å². The Labute approximate surface area is 129 Å². The molecule has 0 saturated heterocycles. The molecule has 0 bridgehead atoms. The molecule has 0 N–H and O–H groups in total. The number of hydrogen-bond acceptors (Lipinski definition) is 2. The molecule has 2 aromatic carbocycles. The van der Waals surface area contributed by atoms with Crippen LogP contribution < -0.4 is 4.74 Å². The minimum absolute atomic E-state index is 0.0160. The van der Waals surface area contributed by atoms with Crippen LogP contribution in [-0.2, 0) is 11.0 Å². The highest BCUT2D eigenvalue weighted by Crippen LogP contribution is 2.34. The second kappa shape index (κ2) is 5.68. The minimum Gasteiger partial charge on any atom is -0.426 e. The van der Waals surface area contributed by atoms with Gasteiger partial charge in [-0.15, -0.1) is 0 Å². The molecule has 120 valence electrons. The molecule has 0 atom stereocenters. The molecule has 1 saturated carbocycles. The lowest BCUT2D eigenvalue weighted by Crippen LogP contribution is -2.09. The molecule has 0 aliphatic heterocycles. The number of carbonyl (C=O) groups is 1. The number of ether oxygens (including phenoxy) is 1. The Kier molecular flexibility index (Phi) is 3.83. The van der Waals surface area contributed by atoms with Crippen molar-refractivity contribution in [2.75, 3.05) is 0 Å². The summed E-state index contributed by atoms with van der Waals surface area (Å²) < 4.78 is 57.4. The standard InChI is InChI=1S/C17H12F4O2/c18-15-9-13(23-16(22)10-4-5-10)6-7-14(15)11-2-1-3-12(8-11)17(19,20)21/h1-3,6-10H,4-5H2. The molecule has 1 aliphatic carbocycles. The van der Waals surface area contributed by atoms with Crippen molar-refractivity contribution in [3.63, 3.8) is 0 Å². The molecule has 23 heavy (non-hydrogen) atoms. The molecular formula is C17H12F4O2. The lowest BCUT2D eigenvalue weighted by Gasteiger charge is -2.10. The van der Waals surface area contributed by atoms with Gasteiger partial charge in [0.2, 0.25) is 0 Å². The second-order valence-corrected chi connectivity index (χ2v) is 5.42. The van der Waals surface area contributed by atoms with E-state index in [1.165, 1.54) is 24.3 Å². The Balaban J connectivity index is 1.87. The topological polar surface area (TPSA) is 26.3 Å². The van der Waals surface area contributed by atoms with E-state index in [0.717, 1.165) is 31.0 Å². The van der Waals surface area contributed by atoms with Gasteiger partial charge in [0.15, 0.2) is 0 Å². The van der Waals surface area contributed by atoms with Crippen LogP contribution in [0.25, 0.3) is 11.1 Å². The molecule has 0 unspecified atom stereocenters. The summed E-state index contributed by atoms with van der Waals surface area (Å²) >= 11 is 0. The van der Waals surface area contributed by atoms with Gasteiger partial charge in [-0.25, -0.2) is 4.39 Å². The largest absolute Gasteiger partial charge is 0.426 e. The van der Waals surface area contributed by atoms with Crippen LogP contribution in [0.2, 0.25) is 0 Å². The van der Waals surface area contributed by atoms with E-state index in [9.17, 15) is 22.4 Å². The third-order valence-corrected chi connectivity index (χ3v) is 3.57. The van der Waals surface area contributed by atoms with Crippen molar-refractivity contribution in [2.24, 2.45) is 5.92 Å². The van der Waals surface area contributed by atoms with Gasteiger partial charge in [-0.05, 0) is 42.7 Å². The average Bonchev–Trinajstić information content (AvgIpc) is 3.31. The van der Waals surface area contributed by atoms with Crippen molar-refractivity contribution in [3.05, 3.63) is 53.8 Å². The third kappa shape index (κ3) is 3.52. The molecule has 6 heteroatoms. The Morgan fingerprint density at radius 1 is 1.09 bits per heavy atom. The maximum Gasteiger partial charge on any atom is 0.416 e. The molecule has 2 aromatic rings. The van der Waals surface area contributed by atoms with Crippen molar-refractivity contribution in [1.82, 2.24) is 0 Å². The molecular weight excluding hydrogens is 312 g/mol. The Bertz CT molecular complexity index is 748. The zero-order valence-corrected chi connectivity index (χ0v) is 11.9. The van der Waals surface area contributed by atoms with Crippen molar-refractivity contribution >= 4 is 5.97 Å². The van der Waals surface area contributed by atoms with Gasteiger partial charge in [0.25, 0.3) is 0 Å². The third-order valence-electron chi connectivity index (χ3n) is 3.57. The van der Waals surface area contributed by atoms with E-state index in [0.29, 0.717) is 0 Å². The number of hydrogen-bond donors (Lipinski definition) is 0. The predicted molar refractivity (Wildman–Crippen MR) is 75.2 cm³/mol. The first-order valence-corrected chi connectivity index (χ1v) is 7.03. The Morgan fingerprint density at radius 3 is 2.43 bits per heavy atom. The zero-order chi connectivity index (χ0) is 16.6. The van der Waals surface area contributed by atoms with Gasteiger partial charge in [0.1, 0.15) is 11.6 Å². The summed E-state index contributed by atoms with van der Waals surface area (Å²) in [6.45, 7) is 0. The molecule has 0 radical (unpaired) electrons. The van der Waals surface area contributed by atoms with Crippen LogP contribution in [0.5, 0.6) is 5.75 Å². The van der Waals surface area contributed by atoms with Crippen LogP contribution in [0.4, 0.5) is 17.6 Å². The van der Waals surface area contributed by atoms with Gasteiger partial charge in [-0.2, -0.15) is 13.2 Å². The summed E-state index contributed by atoms with van der Waals surface area (Å²) in [4.78, 5) is 11.5. The van der Waals surface area contributed by atoms with E-state index in [4.69, 9.17) is 4.74 Å². The van der Waals surface area contributed by atoms with E-state index in [-0.39, 0.29) is 22.8 Å². The number of benzene rings is 2. The first kappa shape index (κ1) is 15.5. The average molecular weight is 324 g/mol. The first-order valence-electron chi connectivity index (χ1n) is 7.03. The molecule has 0 aromatic heterocycles. The lowest BCUT2D eigenvalue weighted by atomic mass is 10.0. The van der Waals surface area contributed by atoms with Crippen LogP contribution in [0.1, 0.15) is 18.4 Å². The fraction of sp³-hybridized carbons (Fsp3) is 0.235. The molecule has 2 nitrogen and oxygen atoms in total. The van der Waals surface area contributed by atoms with Crippen molar-refractivity contribution in [3.8, 4) is 16.9 Å². The molecule has 0 spiro atoms. The molecule has 3 rings (SSSR count). The Morgan fingerprint density at radius 2 is 1.83 bits per heavy atom. The first-order chi connectivity index (χ1) is 10.8. The van der Waals surface area contributed by atoms with E-state index in [1.807, 2.05) is 0 Å². The van der Waals surface area contributed by atoms with Crippen LogP contribution in [0.3, 0.4) is 0 Å². The SMILES string of the molecule is O=C(Oc1ccc(-c2cccc(C(F)(F)F)c2)c(F)c1)C1CC1. The molecule has 0 amide bonds. The molecule has 0 heterocycles. The van der Waals surface area contributed by atoms with Crippen LogP contribution in [0.15, 0.2) is 42.5 Å².